The highest BCUT2D eigenvalue weighted by molar-refractivity contribution is 5.92. The Morgan fingerprint density at radius 2 is 1.51 bits per heavy atom. The van der Waals surface area contributed by atoms with Gasteiger partial charge in [-0.25, -0.2) is 9.59 Å². The van der Waals surface area contributed by atoms with E-state index in [2.05, 4.69) is 10.6 Å². The fourth-order valence-electron chi connectivity index (χ4n) is 4.20. The molecule has 0 aliphatic rings. The third-order valence-electron chi connectivity index (χ3n) is 7.03. The van der Waals surface area contributed by atoms with E-state index in [1.807, 2.05) is 0 Å². The van der Waals surface area contributed by atoms with Crippen LogP contribution in [-0.2, 0) is 28.7 Å². The van der Waals surface area contributed by atoms with Crippen LogP contribution in [0, 0.1) is 5.92 Å². The Morgan fingerprint density at radius 1 is 0.957 bits per heavy atom. The summed E-state index contributed by atoms with van der Waals surface area (Å²) in [4.78, 5) is 64.4. The molecule has 266 valence electrons. The van der Waals surface area contributed by atoms with Crippen molar-refractivity contribution in [1.29, 1.82) is 0 Å². The Hall–Kier alpha value is -4.11. The first-order valence-corrected chi connectivity index (χ1v) is 15.3. The van der Waals surface area contributed by atoms with E-state index < -0.39 is 83.2 Å². The molecule has 47 heavy (non-hydrogen) atoms. The molecule has 0 saturated carbocycles. The van der Waals surface area contributed by atoms with Gasteiger partial charge in [-0.1, -0.05) is 26.8 Å². The Morgan fingerprint density at radius 3 is 1.98 bits per heavy atom. The van der Waals surface area contributed by atoms with Gasteiger partial charge >= 0.3 is 18.0 Å². The number of nitrogens with one attached hydrogen (secondary N) is 2. The van der Waals surface area contributed by atoms with Gasteiger partial charge in [0.1, 0.15) is 35.5 Å². The molecule has 5 atom stereocenters. The number of aromatic hydroxyl groups is 1. The highest BCUT2D eigenvalue weighted by Crippen LogP contribution is 2.36. The third-order valence-corrected chi connectivity index (χ3v) is 7.03. The number of carboxylic acid groups (broad SMARTS) is 1. The van der Waals surface area contributed by atoms with Gasteiger partial charge in [-0.3, -0.25) is 19.3 Å². The molecule has 0 aromatic heterocycles. The number of aliphatic carboxylic acids is 1. The number of nitrogens with zero attached hydrogens (tertiary/aromatic N) is 1. The minimum absolute atomic E-state index is 0.0556. The summed E-state index contributed by atoms with van der Waals surface area (Å²) in [5.41, 5.74) is 2.62. The first kappa shape index (κ1) is 40.9. The van der Waals surface area contributed by atoms with Crippen LogP contribution in [0.15, 0.2) is 18.2 Å². The minimum atomic E-state index is -1.82. The van der Waals surface area contributed by atoms with Crippen molar-refractivity contribution in [3.63, 3.8) is 0 Å². The zero-order chi connectivity index (χ0) is 36.7. The van der Waals surface area contributed by atoms with E-state index in [1.54, 1.807) is 62.3 Å². The zero-order valence-electron chi connectivity index (χ0n) is 29.2. The van der Waals surface area contributed by atoms with E-state index in [4.69, 9.17) is 19.9 Å². The van der Waals surface area contributed by atoms with E-state index in [0.717, 1.165) is 24.1 Å². The van der Waals surface area contributed by atoms with Crippen LogP contribution in [0.5, 0.6) is 11.5 Å². The van der Waals surface area contributed by atoms with Crippen LogP contribution in [0.2, 0.25) is 0 Å². The number of likely N-dealkylation sites (N-methyl/N-ethyl adjacent to an activating group) is 1. The number of aliphatic hydroxyl groups excluding tert-OH is 1. The number of phenolic OH excluding ortho intramolecular Hbond substituents is 1. The molecular weight excluding hydrogens is 616 g/mol. The van der Waals surface area contributed by atoms with E-state index in [-0.39, 0.29) is 23.7 Å². The summed E-state index contributed by atoms with van der Waals surface area (Å²) >= 11 is 0. The van der Waals surface area contributed by atoms with Gasteiger partial charge in [0.2, 0.25) is 11.8 Å². The van der Waals surface area contributed by atoms with Crippen LogP contribution in [0.4, 0.5) is 4.79 Å². The van der Waals surface area contributed by atoms with E-state index in [1.165, 1.54) is 13.0 Å². The monoisotopic (exact) mass is 668 g/mol. The van der Waals surface area contributed by atoms with E-state index >= 15 is 0 Å². The number of nitrogens with two attached hydrogens (primary N) is 1. The molecule has 0 saturated heterocycles. The van der Waals surface area contributed by atoms with Crippen molar-refractivity contribution in [2.75, 3.05) is 13.6 Å². The molecule has 3 amide bonds. The molecule has 0 heterocycles. The molecule has 15 nitrogen and oxygen atoms in total. The molecule has 0 unspecified atom stereocenters. The molecule has 0 aliphatic heterocycles. The molecule has 1 rings (SSSR count). The largest absolute Gasteiger partial charge is 0.504 e. The molecule has 0 fully saturated rings. The minimum Gasteiger partial charge on any atom is -0.504 e. The molecule has 1 aromatic rings. The predicted molar refractivity (Wildman–Crippen MR) is 171 cm³/mol. The maximum Gasteiger partial charge on any atom is 0.410 e. The summed E-state index contributed by atoms with van der Waals surface area (Å²) < 4.78 is 16.6. The van der Waals surface area contributed by atoms with Crippen molar-refractivity contribution >= 4 is 29.8 Å². The number of carbonyl (C=O) groups excluding carboxylic acids is 4. The summed E-state index contributed by atoms with van der Waals surface area (Å²) in [5, 5.41) is 36.8. The lowest BCUT2D eigenvalue weighted by Crippen LogP contribution is -2.63. The summed E-state index contributed by atoms with van der Waals surface area (Å²) in [6.45, 7) is 15.8. The van der Waals surface area contributed by atoms with Crippen LogP contribution in [-0.4, -0.2) is 98.6 Å². The molecular formula is C32H52N4O11. The average molecular weight is 669 g/mol. The second-order valence-electron chi connectivity index (χ2n) is 13.8. The maximum atomic E-state index is 13.5. The number of hydrogen-bond donors (Lipinski definition) is 6. The lowest BCUT2D eigenvalue weighted by Gasteiger charge is -2.38. The van der Waals surface area contributed by atoms with Gasteiger partial charge in [0, 0.05) is 7.05 Å². The van der Waals surface area contributed by atoms with Gasteiger partial charge in [0.25, 0.3) is 0 Å². The van der Waals surface area contributed by atoms with Crippen LogP contribution < -0.4 is 21.1 Å². The lowest BCUT2D eigenvalue weighted by atomic mass is 9.91. The van der Waals surface area contributed by atoms with Gasteiger partial charge < -0.3 is 45.9 Å². The average Bonchev–Trinajstić information content (AvgIpc) is 2.92. The SMILES string of the molecule is CC[C@@](C)(Oc1cc([C@@H](O)[C@@H](C(=O)O)N(C)C(=O)OC(C)(C)C)ccc1O)[C@H](NC(=O)[C@@H](N)C(C)C)C(=O)NCC(=O)OC(C)(C)C. The molecule has 0 radical (unpaired) electrons. The molecule has 15 heteroatoms. The second kappa shape index (κ2) is 16.1. The van der Waals surface area contributed by atoms with Crippen molar-refractivity contribution in [2.45, 2.75) is 117 Å². The summed E-state index contributed by atoms with van der Waals surface area (Å²) in [7, 11) is 1.16. The fraction of sp³-hybridized carbons (Fsp3) is 0.656. The number of rotatable bonds is 14. The highest BCUT2D eigenvalue weighted by Gasteiger charge is 2.43. The van der Waals surface area contributed by atoms with Gasteiger partial charge in [-0.05, 0) is 78.5 Å². The predicted octanol–water partition coefficient (Wildman–Crippen LogP) is 2.22. The molecule has 0 aliphatic carbocycles. The Bertz CT molecular complexity index is 1290. The molecule has 0 bridgehead atoms. The standard InChI is InChI=1S/C32H52N4O11/c1-12-32(10,25(35-26(40)22(33)17(2)3)27(41)34-16-21(38)46-30(4,5)6)45-20-15-18(13-14-19(20)37)24(39)23(28(42)43)36(11)29(44)47-31(7,8)9/h13-15,17,22-25,37,39H,12,16,33H2,1-11H3,(H,34,41)(H,35,40)(H,42,43)/t22-,23-,24+,25+,32+/m0/s1. The number of hydrogen-bond acceptors (Lipinski definition) is 11. The van der Waals surface area contributed by atoms with Crippen LogP contribution >= 0.6 is 0 Å². The first-order chi connectivity index (χ1) is 21.3. The van der Waals surface area contributed by atoms with Gasteiger partial charge in [-0.2, -0.15) is 0 Å². The Kier molecular flexibility index (Phi) is 14.0. The Balaban J connectivity index is 3.52. The fourth-order valence-corrected chi connectivity index (χ4v) is 4.20. The lowest BCUT2D eigenvalue weighted by molar-refractivity contribution is -0.155. The number of phenols is 1. The molecule has 7 N–H and O–H groups in total. The number of carbonyl (C=O) groups is 5. The number of carboxylic acids is 1. The van der Waals surface area contributed by atoms with Gasteiger partial charge in [0.15, 0.2) is 17.5 Å². The van der Waals surface area contributed by atoms with Crippen LogP contribution in [0.25, 0.3) is 0 Å². The van der Waals surface area contributed by atoms with Gasteiger partial charge in [-0.15, -0.1) is 0 Å². The molecule has 1 aromatic carbocycles. The summed E-state index contributed by atoms with van der Waals surface area (Å²) in [6, 6.07) is -0.734. The van der Waals surface area contributed by atoms with Crippen molar-refractivity contribution in [2.24, 2.45) is 11.7 Å². The summed E-state index contributed by atoms with van der Waals surface area (Å²) in [5.74, 6) is -4.76. The maximum absolute atomic E-state index is 13.5. The second-order valence-corrected chi connectivity index (χ2v) is 13.8. The quantitative estimate of drug-likeness (QED) is 0.157. The van der Waals surface area contributed by atoms with E-state index in [0.29, 0.717) is 0 Å². The van der Waals surface area contributed by atoms with Crippen LogP contribution in [0.3, 0.4) is 0 Å². The number of esters is 1. The van der Waals surface area contributed by atoms with Crippen molar-refractivity contribution in [3.8, 4) is 11.5 Å². The normalized spacial score (nSPS) is 15.7. The number of ether oxygens (including phenoxy) is 3. The van der Waals surface area contributed by atoms with Gasteiger partial charge in [0.05, 0.1) is 6.04 Å². The third kappa shape index (κ3) is 12.2. The zero-order valence-corrected chi connectivity index (χ0v) is 29.2. The van der Waals surface area contributed by atoms with Crippen molar-refractivity contribution in [3.05, 3.63) is 23.8 Å². The number of aliphatic hydroxyl groups is 1. The molecule has 0 spiro atoms. The van der Waals surface area contributed by atoms with Crippen LogP contribution in [0.1, 0.15) is 87.3 Å². The Labute approximate surface area is 276 Å². The van der Waals surface area contributed by atoms with E-state index in [9.17, 15) is 39.3 Å². The topological polar surface area (TPSA) is 227 Å². The summed E-state index contributed by atoms with van der Waals surface area (Å²) in [6.07, 6.45) is -2.76. The number of benzene rings is 1. The highest BCUT2D eigenvalue weighted by atomic mass is 16.6. The smallest absolute Gasteiger partial charge is 0.410 e. The number of amides is 3. The first-order valence-electron chi connectivity index (χ1n) is 15.3. The van der Waals surface area contributed by atoms with Crippen molar-refractivity contribution < 1.29 is 53.5 Å². The van der Waals surface area contributed by atoms with Crippen molar-refractivity contribution in [1.82, 2.24) is 15.5 Å².